The van der Waals surface area contributed by atoms with E-state index in [0.717, 1.165) is 37.3 Å². The number of amides is 3. The van der Waals surface area contributed by atoms with E-state index in [1.807, 2.05) is 24.3 Å². The number of carbonyl (C=O) groups excluding carboxylic acids is 3. The van der Waals surface area contributed by atoms with Crippen molar-refractivity contribution in [1.82, 2.24) is 4.90 Å². The number of hydrogen-bond acceptors (Lipinski definition) is 4. The fourth-order valence-corrected chi connectivity index (χ4v) is 4.54. The van der Waals surface area contributed by atoms with Crippen LogP contribution in [0.1, 0.15) is 36.0 Å². The molecule has 4 rings (SSSR count). The normalized spacial score (nSPS) is 17.6. The largest absolute Gasteiger partial charge is 0.371 e. The fraction of sp³-hybridized carbons (Fsp3) is 0.400. The van der Waals surface area contributed by atoms with Crippen LogP contribution in [0, 0.1) is 17.7 Å². The summed E-state index contributed by atoms with van der Waals surface area (Å²) in [7, 11) is 0. The second-order valence-electron chi connectivity index (χ2n) is 8.77. The van der Waals surface area contributed by atoms with E-state index in [0.29, 0.717) is 31.5 Å². The van der Waals surface area contributed by atoms with Crippen molar-refractivity contribution < 1.29 is 18.8 Å². The molecule has 0 aromatic heterocycles. The minimum absolute atomic E-state index is 0.0427. The Morgan fingerprint density at radius 2 is 1.39 bits per heavy atom. The average Bonchev–Trinajstić information content (AvgIpc) is 2.85. The van der Waals surface area contributed by atoms with Crippen LogP contribution < -0.4 is 16.0 Å². The van der Waals surface area contributed by atoms with Crippen LogP contribution in [-0.2, 0) is 9.59 Å². The summed E-state index contributed by atoms with van der Waals surface area (Å²) < 4.78 is 13.1. The minimum atomic E-state index is -0.373. The number of benzene rings is 2. The van der Waals surface area contributed by atoms with Crippen molar-refractivity contribution in [2.75, 3.05) is 36.4 Å². The fourth-order valence-electron chi connectivity index (χ4n) is 4.54. The number of anilines is 2. The molecule has 2 aromatic rings. The summed E-state index contributed by atoms with van der Waals surface area (Å²) in [6.45, 7) is 2.56. The highest BCUT2D eigenvalue weighted by Crippen LogP contribution is 2.26. The van der Waals surface area contributed by atoms with Crippen LogP contribution >= 0.6 is 0 Å². The van der Waals surface area contributed by atoms with Gasteiger partial charge in [0.2, 0.25) is 11.8 Å². The van der Waals surface area contributed by atoms with Gasteiger partial charge in [-0.15, -0.1) is 0 Å². The number of carbonyl (C=O) groups is 3. The van der Waals surface area contributed by atoms with E-state index in [-0.39, 0.29) is 35.4 Å². The molecular weight excluding hydrogens is 423 g/mol. The van der Waals surface area contributed by atoms with Crippen LogP contribution in [-0.4, -0.2) is 48.8 Å². The molecule has 8 heteroatoms. The first-order chi connectivity index (χ1) is 15.9. The lowest BCUT2D eigenvalue weighted by molar-refractivity contribution is -0.122. The summed E-state index contributed by atoms with van der Waals surface area (Å²) >= 11 is 0. The van der Waals surface area contributed by atoms with E-state index in [4.69, 9.17) is 5.73 Å². The Kier molecular flexibility index (Phi) is 6.91. The number of nitrogens with one attached hydrogen (secondary N) is 1. The summed E-state index contributed by atoms with van der Waals surface area (Å²) in [5.41, 5.74) is 7.66. The van der Waals surface area contributed by atoms with Gasteiger partial charge in [-0.05, 0) is 74.2 Å². The molecule has 2 fully saturated rings. The molecule has 0 unspecified atom stereocenters. The first-order valence-corrected chi connectivity index (χ1v) is 11.4. The van der Waals surface area contributed by atoms with Gasteiger partial charge in [0.1, 0.15) is 5.82 Å². The quantitative estimate of drug-likeness (QED) is 0.729. The van der Waals surface area contributed by atoms with Gasteiger partial charge in [-0.1, -0.05) is 0 Å². The van der Waals surface area contributed by atoms with Gasteiger partial charge in [0.15, 0.2) is 0 Å². The van der Waals surface area contributed by atoms with Crippen molar-refractivity contribution in [2.45, 2.75) is 25.7 Å². The summed E-state index contributed by atoms with van der Waals surface area (Å²) in [6, 6.07) is 13.3. The number of nitrogens with zero attached hydrogens (tertiary/aromatic N) is 2. The number of rotatable bonds is 5. The van der Waals surface area contributed by atoms with Gasteiger partial charge < -0.3 is 20.9 Å². The third kappa shape index (κ3) is 5.50. The Morgan fingerprint density at radius 3 is 1.97 bits per heavy atom. The maximum atomic E-state index is 13.1. The van der Waals surface area contributed by atoms with E-state index in [9.17, 15) is 18.8 Å². The zero-order chi connectivity index (χ0) is 23.4. The Balaban J connectivity index is 1.26. The van der Waals surface area contributed by atoms with Gasteiger partial charge >= 0.3 is 0 Å². The zero-order valence-corrected chi connectivity index (χ0v) is 18.5. The van der Waals surface area contributed by atoms with E-state index in [2.05, 4.69) is 10.2 Å². The zero-order valence-electron chi connectivity index (χ0n) is 18.5. The number of halogens is 1. The molecule has 33 heavy (non-hydrogen) atoms. The Morgan fingerprint density at radius 1 is 0.818 bits per heavy atom. The monoisotopic (exact) mass is 452 g/mol. The molecule has 0 radical (unpaired) electrons. The number of nitrogens with two attached hydrogens (primary N) is 1. The van der Waals surface area contributed by atoms with E-state index >= 15 is 0 Å². The number of primary amides is 1. The minimum Gasteiger partial charge on any atom is -0.371 e. The predicted molar refractivity (Wildman–Crippen MR) is 124 cm³/mol. The van der Waals surface area contributed by atoms with Gasteiger partial charge in [0.05, 0.1) is 0 Å². The third-order valence-corrected chi connectivity index (χ3v) is 6.64. The topological polar surface area (TPSA) is 95.7 Å². The highest BCUT2D eigenvalue weighted by Gasteiger charge is 2.28. The van der Waals surface area contributed by atoms with E-state index in [1.54, 1.807) is 4.90 Å². The summed E-state index contributed by atoms with van der Waals surface area (Å²) in [5.74, 6) is -0.976. The van der Waals surface area contributed by atoms with Crippen molar-refractivity contribution in [2.24, 2.45) is 17.6 Å². The van der Waals surface area contributed by atoms with E-state index in [1.165, 1.54) is 24.3 Å². The molecule has 2 aliphatic heterocycles. The molecule has 7 nitrogen and oxygen atoms in total. The lowest BCUT2D eigenvalue weighted by Gasteiger charge is -2.32. The van der Waals surface area contributed by atoms with Crippen LogP contribution in [0.15, 0.2) is 48.5 Å². The number of likely N-dealkylation sites (tertiary alicyclic amines) is 1. The molecular formula is C25H29FN4O3. The molecule has 0 saturated carbocycles. The molecule has 0 atom stereocenters. The van der Waals surface area contributed by atoms with Crippen LogP contribution in [0.25, 0.3) is 0 Å². The number of piperidine rings is 2. The van der Waals surface area contributed by atoms with Gasteiger partial charge in [-0.2, -0.15) is 0 Å². The molecule has 2 saturated heterocycles. The van der Waals surface area contributed by atoms with Crippen LogP contribution in [0.5, 0.6) is 0 Å². The van der Waals surface area contributed by atoms with Crippen molar-refractivity contribution >= 4 is 29.1 Å². The third-order valence-electron chi connectivity index (χ3n) is 6.64. The van der Waals surface area contributed by atoms with Gasteiger partial charge in [-0.25, -0.2) is 4.39 Å². The maximum absolute atomic E-state index is 13.1. The lowest BCUT2D eigenvalue weighted by Crippen LogP contribution is -2.41. The second kappa shape index (κ2) is 10.0. The van der Waals surface area contributed by atoms with Crippen LogP contribution in [0.2, 0.25) is 0 Å². The molecule has 2 heterocycles. The van der Waals surface area contributed by atoms with Crippen molar-refractivity contribution in [3.8, 4) is 0 Å². The molecule has 174 valence electrons. The summed E-state index contributed by atoms with van der Waals surface area (Å²) in [5, 5.41) is 2.98. The van der Waals surface area contributed by atoms with Crippen LogP contribution in [0.3, 0.4) is 0 Å². The standard InChI is InChI=1S/C25H29FN4O3/c26-20-3-1-19(2-4-20)25(33)30-15-11-18(12-16-30)24(32)28-21-5-7-22(8-6-21)29-13-9-17(10-14-29)23(27)31/h1-8,17-18H,9-16H2,(H2,27,31)(H,28,32). The Labute approximate surface area is 192 Å². The van der Waals surface area contributed by atoms with Gasteiger partial charge in [0.25, 0.3) is 5.91 Å². The van der Waals surface area contributed by atoms with Crippen molar-refractivity contribution in [3.63, 3.8) is 0 Å². The smallest absolute Gasteiger partial charge is 0.253 e. The van der Waals surface area contributed by atoms with Crippen LogP contribution in [0.4, 0.5) is 15.8 Å². The highest BCUT2D eigenvalue weighted by molar-refractivity contribution is 5.95. The molecule has 2 aliphatic rings. The van der Waals surface area contributed by atoms with Crippen molar-refractivity contribution in [3.05, 3.63) is 59.9 Å². The first kappa shape index (κ1) is 22.8. The Bertz CT molecular complexity index is 993. The second-order valence-corrected chi connectivity index (χ2v) is 8.77. The van der Waals surface area contributed by atoms with Gasteiger partial charge in [0, 0.05) is 55.0 Å². The number of hydrogen-bond donors (Lipinski definition) is 2. The van der Waals surface area contributed by atoms with E-state index < -0.39 is 0 Å². The summed E-state index contributed by atoms with van der Waals surface area (Å²) in [4.78, 5) is 40.6. The molecule has 3 amide bonds. The lowest BCUT2D eigenvalue weighted by atomic mass is 9.95. The maximum Gasteiger partial charge on any atom is 0.253 e. The predicted octanol–water partition coefficient (Wildman–Crippen LogP) is 3.02. The van der Waals surface area contributed by atoms with Gasteiger partial charge in [-0.3, -0.25) is 14.4 Å². The molecule has 0 bridgehead atoms. The molecule has 3 N–H and O–H groups in total. The molecule has 0 aliphatic carbocycles. The summed E-state index contributed by atoms with van der Waals surface area (Å²) in [6.07, 6.45) is 2.70. The van der Waals surface area contributed by atoms with Crippen molar-refractivity contribution in [1.29, 1.82) is 0 Å². The Hall–Kier alpha value is -3.42. The molecule has 0 spiro atoms. The average molecular weight is 453 g/mol. The highest BCUT2D eigenvalue weighted by atomic mass is 19.1. The molecule has 2 aromatic carbocycles. The first-order valence-electron chi connectivity index (χ1n) is 11.4. The SMILES string of the molecule is NC(=O)C1CCN(c2ccc(NC(=O)C3CCN(C(=O)c4ccc(F)cc4)CC3)cc2)CC1.